The van der Waals surface area contributed by atoms with Gasteiger partial charge in [0, 0.05) is 0 Å². The van der Waals surface area contributed by atoms with E-state index in [1.807, 2.05) is 0 Å². The summed E-state index contributed by atoms with van der Waals surface area (Å²) in [5.74, 6) is 0. The van der Waals surface area contributed by atoms with Gasteiger partial charge < -0.3 is 0 Å². The van der Waals surface area contributed by atoms with E-state index in [0.717, 1.165) is 0 Å². The standard InChI is InChI=1S/C2H3.2CH3.Pb.H/c1-2;;;;/h1H,2H2;2*1H3;;. The Labute approximate surface area is 42.0 Å². The van der Waals surface area contributed by atoms with Crippen LogP contribution in [0.2, 0.25) is 8.97 Å². The minimum absolute atomic E-state index is 1.01. The summed E-state index contributed by atoms with van der Waals surface area (Å²) in [6, 6.07) is 0. The molecule has 0 aliphatic heterocycles. The van der Waals surface area contributed by atoms with Crippen molar-refractivity contribution in [2.75, 3.05) is 0 Å². The Bertz CT molecular complexity index is 30.6. The molecule has 0 bridgehead atoms. The van der Waals surface area contributed by atoms with Crippen LogP contribution in [0.4, 0.5) is 0 Å². The molecule has 0 unspecified atom stereocenters. The summed E-state index contributed by atoms with van der Waals surface area (Å²) < 4.78 is 6.79. The summed E-state index contributed by atoms with van der Waals surface area (Å²) in [6.07, 6.45) is 0. The van der Waals surface area contributed by atoms with Crippen molar-refractivity contribution in [3.8, 4) is 0 Å². The van der Waals surface area contributed by atoms with E-state index in [1.54, 1.807) is 0 Å². The van der Waals surface area contributed by atoms with Crippen LogP contribution in [0.25, 0.3) is 0 Å². The molecule has 0 heterocycles. The molecule has 0 aliphatic carbocycles. The first kappa shape index (κ1) is 5.66. The van der Waals surface area contributed by atoms with Gasteiger partial charge in [0.05, 0.1) is 0 Å². The Balaban J connectivity index is 2.83. The van der Waals surface area contributed by atoms with Gasteiger partial charge in [0.1, 0.15) is 0 Å². The average Bonchev–Trinajstić information content (AvgIpc) is 1.38. The second kappa shape index (κ2) is 2.88. The zero-order chi connectivity index (χ0) is 4.28. The molecule has 0 saturated carbocycles. The van der Waals surface area contributed by atoms with Gasteiger partial charge in [-0.2, -0.15) is 0 Å². The summed E-state index contributed by atoms with van der Waals surface area (Å²) in [6.45, 7) is 3.66. The Kier molecular flexibility index (Phi) is 3.26. The predicted octanol–water partition coefficient (Wildman–Crippen LogP) is 1.20. The molecule has 0 rings (SSSR count). The van der Waals surface area contributed by atoms with Crippen molar-refractivity contribution in [2.24, 2.45) is 0 Å². The third kappa shape index (κ3) is 4.66. The van der Waals surface area contributed by atoms with Gasteiger partial charge in [-0.25, -0.2) is 0 Å². The van der Waals surface area contributed by atoms with E-state index < -0.39 is 22.7 Å². The molecule has 0 spiro atoms. The van der Waals surface area contributed by atoms with Gasteiger partial charge >= 0.3 is 41.9 Å². The summed E-state index contributed by atoms with van der Waals surface area (Å²) in [5.41, 5.74) is 0. The fourth-order valence-corrected chi connectivity index (χ4v) is 0. The third-order valence-electron chi connectivity index (χ3n) is 0.471. The van der Waals surface area contributed by atoms with Crippen molar-refractivity contribution >= 4 is 22.7 Å². The molecule has 1 heteroatoms. The van der Waals surface area contributed by atoms with E-state index in [4.69, 9.17) is 0 Å². The fraction of sp³-hybridized carbons (Fsp3) is 0.500. The molecule has 0 aliphatic rings. The molecule has 0 N–H and O–H groups in total. The monoisotopic (exact) mass is 266 g/mol. The Morgan fingerprint density at radius 2 is 1.80 bits per heavy atom. The van der Waals surface area contributed by atoms with Crippen LogP contribution < -0.4 is 0 Å². The second-order valence-electron chi connectivity index (χ2n) is 1.48. The maximum atomic E-state index is 3.66. The van der Waals surface area contributed by atoms with Gasteiger partial charge in [-0.3, -0.25) is 0 Å². The van der Waals surface area contributed by atoms with Crippen LogP contribution >= 0.6 is 0 Å². The second-order valence-corrected chi connectivity index (χ2v) is 13.0. The third-order valence-corrected chi connectivity index (χ3v) is 4.14. The number of rotatable bonds is 1. The zero-order valence-electron chi connectivity index (χ0n) is 3.86. The Morgan fingerprint density at radius 3 is 1.80 bits per heavy atom. The molecule has 0 atom stereocenters. The normalized spacial score (nSPS) is 8.60. The number of hydrogen-bond acceptors (Lipinski definition) is 0. The molecule has 0 saturated heterocycles. The maximum absolute atomic E-state index is 3.66. The topological polar surface area (TPSA) is 0 Å². The van der Waals surface area contributed by atoms with Crippen LogP contribution in [0.5, 0.6) is 0 Å². The van der Waals surface area contributed by atoms with Gasteiger partial charge in [0.15, 0.2) is 0 Å². The Hall–Kier alpha value is 0.662. The van der Waals surface area contributed by atoms with Crippen LogP contribution in [-0.4, -0.2) is 22.7 Å². The van der Waals surface area contributed by atoms with Crippen LogP contribution in [0.1, 0.15) is 0 Å². The molecule has 0 radical (unpaired) electrons. The molecule has 0 amide bonds. The molecule has 0 aromatic rings. The van der Waals surface area contributed by atoms with E-state index in [1.165, 1.54) is 0 Å². The summed E-state index contributed by atoms with van der Waals surface area (Å²) in [5, 5.41) is 0. The fourth-order valence-electron chi connectivity index (χ4n) is 0. The molecule has 0 fully saturated rings. The van der Waals surface area contributed by atoms with Gasteiger partial charge in [0.2, 0.25) is 0 Å². The van der Waals surface area contributed by atoms with Gasteiger partial charge in [-0.05, 0) is 0 Å². The van der Waals surface area contributed by atoms with Crippen molar-refractivity contribution in [3.63, 3.8) is 0 Å². The van der Waals surface area contributed by atoms with Gasteiger partial charge in [0.25, 0.3) is 0 Å². The average molecular weight is 265 g/mol. The van der Waals surface area contributed by atoms with Gasteiger partial charge in [-0.1, -0.05) is 0 Å². The van der Waals surface area contributed by atoms with E-state index in [9.17, 15) is 0 Å². The molecular weight excluding hydrogens is 255 g/mol. The predicted molar refractivity (Wildman–Crippen MR) is 29.1 cm³/mol. The van der Waals surface area contributed by atoms with E-state index in [-0.39, 0.29) is 0 Å². The van der Waals surface area contributed by atoms with Crippen LogP contribution in [0.3, 0.4) is 0 Å². The summed E-state index contributed by atoms with van der Waals surface area (Å²) in [4.78, 5) is 0. The molecular formula is C4H10Pb. The quantitative estimate of drug-likeness (QED) is 0.625. The first-order valence-corrected chi connectivity index (χ1v) is 13.5. The molecule has 0 aromatic carbocycles. The first-order chi connectivity index (χ1) is 2.27. The molecule has 0 nitrogen and oxygen atoms in total. The van der Waals surface area contributed by atoms with Gasteiger partial charge in [-0.15, -0.1) is 0 Å². The minimum atomic E-state index is -1.01. The van der Waals surface area contributed by atoms with Crippen LogP contribution in [0.15, 0.2) is 10.2 Å². The SMILES string of the molecule is C=[CH][PbH]([CH3])[CH3]. The van der Waals surface area contributed by atoms with Crippen molar-refractivity contribution in [1.29, 1.82) is 0 Å². The first-order valence-electron chi connectivity index (χ1n) is 1.90. The van der Waals surface area contributed by atoms with E-state index in [2.05, 4.69) is 19.2 Å². The van der Waals surface area contributed by atoms with Crippen molar-refractivity contribution in [2.45, 2.75) is 8.97 Å². The van der Waals surface area contributed by atoms with E-state index >= 15 is 0 Å². The summed E-state index contributed by atoms with van der Waals surface area (Å²) in [7, 11) is 0. The van der Waals surface area contributed by atoms with Crippen LogP contribution in [-0.2, 0) is 0 Å². The molecule has 30 valence electrons. The molecule has 5 heavy (non-hydrogen) atoms. The van der Waals surface area contributed by atoms with Crippen molar-refractivity contribution in [1.82, 2.24) is 0 Å². The van der Waals surface area contributed by atoms with E-state index in [0.29, 0.717) is 0 Å². The van der Waals surface area contributed by atoms with Crippen molar-refractivity contribution < 1.29 is 0 Å². The zero-order valence-corrected chi connectivity index (χ0v) is 8.35. The summed E-state index contributed by atoms with van der Waals surface area (Å²) >= 11 is -1.01. The Morgan fingerprint density at radius 1 is 1.60 bits per heavy atom. The van der Waals surface area contributed by atoms with Crippen LogP contribution in [0, 0.1) is 0 Å². The van der Waals surface area contributed by atoms with Crippen molar-refractivity contribution in [3.05, 3.63) is 10.2 Å². The number of hydrogen-bond donors (Lipinski definition) is 0. The molecule has 0 aromatic heterocycles.